The molecule has 0 amide bonds. The molecule has 1 aliphatic carbocycles. The summed E-state index contributed by atoms with van der Waals surface area (Å²) in [5.74, 6) is 0. The zero-order chi connectivity index (χ0) is 13.5. The van der Waals surface area contributed by atoms with E-state index >= 15 is 0 Å². The number of rotatable bonds is 4. The Morgan fingerprint density at radius 3 is 2.74 bits per heavy atom. The lowest BCUT2D eigenvalue weighted by molar-refractivity contribution is 0.0162. The van der Waals surface area contributed by atoms with Gasteiger partial charge in [0.05, 0.1) is 6.10 Å². The zero-order valence-corrected chi connectivity index (χ0v) is 13.0. The monoisotopic (exact) mass is 284 g/mol. The van der Waals surface area contributed by atoms with Crippen LogP contribution >= 0.6 is 12.2 Å². The lowest BCUT2D eigenvalue weighted by Gasteiger charge is -2.36. The van der Waals surface area contributed by atoms with Crippen molar-refractivity contribution in [2.24, 2.45) is 0 Å². The van der Waals surface area contributed by atoms with Gasteiger partial charge in [-0.25, -0.2) is 0 Å². The van der Waals surface area contributed by atoms with E-state index in [2.05, 4.69) is 17.1 Å². The van der Waals surface area contributed by atoms with Crippen LogP contribution in [0.1, 0.15) is 58.3 Å². The van der Waals surface area contributed by atoms with Crippen molar-refractivity contribution in [3.63, 3.8) is 0 Å². The maximum Gasteiger partial charge on any atom is 0.169 e. The van der Waals surface area contributed by atoms with Crippen LogP contribution in [0.3, 0.4) is 0 Å². The molecule has 4 heteroatoms. The van der Waals surface area contributed by atoms with Crippen LogP contribution in [-0.2, 0) is 4.74 Å². The van der Waals surface area contributed by atoms with Crippen molar-refractivity contribution < 1.29 is 4.74 Å². The van der Waals surface area contributed by atoms with Crippen LogP contribution in [0.25, 0.3) is 0 Å². The number of likely N-dealkylation sites (tertiary alicyclic amines) is 1. The molecule has 2 fully saturated rings. The van der Waals surface area contributed by atoms with Gasteiger partial charge in [0.2, 0.25) is 0 Å². The summed E-state index contributed by atoms with van der Waals surface area (Å²) in [5.41, 5.74) is 0. The van der Waals surface area contributed by atoms with Crippen molar-refractivity contribution in [1.82, 2.24) is 10.2 Å². The molecule has 0 aromatic rings. The van der Waals surface area contributed by atoms with Crippen LogP contribution in [-0.4, -0.2) is 41.9 Å². The van der Waals surface area contributed by atoms with E-state index in [9.17, 15) is 0 Å². The second-order valence-electron chi connectivity index (χ2n) is 5.87. The summed E-state index contributed by atoms with van der Waals surface area (Å²) in [6.07, 6.45) is 10.5. The third-order valence-electron chi connectivity index (χ3n) is 4.16. The average molecular weight is 284 g/mol. The van der Waals surface area contributed by atoms with Gasteiger partial charge in [0, 0.05) is 25.7 Å². The Hall–Kier alpha value is -0.350. The number of nitrogens with one attached hydrogen (secondary N) is 1. The molecule has 1 atom stereocenters. The number of ether oxygens (including phenoxy) is 1. The van der Waals surface area contributed by atoms with E-state index in [-0.39, 0.29) is 0 Å². The van der Waals surface area contributed by atoms with E-state index in [1.54, 1.807) is 0 Å². The Balaban J connectivity index is 1.74. The summed E-state index contributed by atoms with van der Waals surface area (Å²) in [6, 6.07) is 0.609. The number of nitrogens with zero attached hydrogens (tertiary/aromatic N) is 1. The molecule has 19 heavy (non-hydrogen) atoms. The molecule has 0 spiro atoms. The fraction of sp³-hybridized carbons (Fsp3) is 0.933. The summed E-state index contributed by atoms with van der Waals surface area (Å²) in [4.78, 5) is 2.31. The van der Waals surface area contributed by atoms with Crippen molar-refractivity contribution in [2.75, 3.05) is 19.7 Å². The first kappa shape index (κ1) is 15.0. The predicted molar refractivity (Wildman–Crippen MR) is 83.4 cm³/mol. The highest BCUT2D eigenvalue weighted by molar-refractivity contribution is 7.80. The highest BCUT2D eigenvalue weighted by Gasteiger charge is 2.23. The van der Waals surface area contributed by atoms with E-state index in [0.29, 0.717) is 12.1 Å². The van der Waals surface area contributed by atoms with Crippen LogP contribution in [0.5, 0.6) is 0 Å². The lowest BCUT2D eigenvalue weighted by Crippen LogP contribution is -2.50. The van der Waals surface area contributed by atoms with Gasteiger partial charge in [0.1, 0.15) is 0 Å². The molecule has 1 heterocycles. The SMILES string of the molecule is CCCOC1CCCN(C(=S)NC2CCCCC2)C1. The van der Waals surface area contributed by atoms with Crippen LogP contribution < -0.4 is 5.32 Å². The van der Waals surface area contributed by atoms with E-state index in [1.807, 2.05) is 0 Å². The van der Waals surface area contributed by atoms with Gasteiger partial charge in [0.25, 0.3) is 0 Å². The summed E-state index contributed by atoms with van der Waals surface area (Å²) >= 11 is 5.58. The first-order valence-corrected chi connectivity index (χ1v) is 8.37. The molecule has 1 saturated carbocycles. The lowest BCUT2D eigenvalue weighted by atomic mass is 9.96. The molecule has 0 bridgehead atoms. The van der Waals surface area contributed by atoms with Gasteiger partial charge in [-0.15, -0.1) is 0 Å². The third kappa shape index (κ3) is 4.92. The fourth-order valence-electron chi connectivity index (χ4n) is 3.06. The van der Waals surface area contributed by atoms with Crippen LogP contribution in [0, 0.1) is 0 Å². The fourth-order valence-corrected chi connectivity index (χ4v) is 3.39. The molecule has 1 aliphatic heterocycles. The first-order valence-electron chi connectivity index (χ1n) is 7.96. The van der Waals surface area contributed by atoms with Crippen molar-refractivity contribution >= 4 is 17.3 Å². The quantitative estimate of drug-likeness (QED) is 0.802. The van der Waals surface area contributed by atoms with E-state index < -0.39 is 0 Å². The molecule has 0 aromatic carbocycles. The highest BCUT2D eigenvalue weighted by Crippen LogP contribution is 2.19. The van der Waals surface area contributed by atoms with E-state index in [4.69, 9.17) is 17.0 Å². The van der Waals surface area contributed by atoms with Crippen molar-refractivity contribution in [2.45, 2.75) is 70.4 Å². The van der Waals surface area contributed by atoms with E-state index in [0.717, 1.165) is 31.2 Å². The molecule has 2 rings (SSSR count). The molecular formula is C15H28N2OS. The Labute approximate surface area is 123 Å². The molecule has 110 valence electrons. The van der Waals surface area contributed by atoms with Crippen LogP contribution in [0.4, 0.5) is 0 Å². The van der Waals surface area contributed by atoms with Crippen molar-refractivity contribution in [1.29, 1.82) is 0 Å². The maximum atomic E-state index is 5.87. The number of hydrogen-bond acceptors (Lipinski definition) is 2. The smallest absolute Gasteiger partial charge is 0.169 e. The van der Waals surface area contributed by atoms with E-state index in [1.165, 1.54) is 44.9 Å². The Kier molecular flexibility index (Phi) is 6.38. The molecule has 1 saturated heterocycles. The molecule has 2 aliphatic rings. The number of hydrogen-bond donors (Lipinski definition) is 1. The number of piperidine rings is 1. The summed E-state index contributed by atoms with van der Waals surface area (Å²) < 4.78 is 5.87. The average Bonchev–Trinajstić information content (AvgIpc) is 2.46. The summed E-state index contributed by atoms with van der Waals surface area (Å²) in [6.45, 7) is 5.10. The second kappa shape index (κ2) is 8.05. The van der Waals surface area contributed by atoms with Gasteiger partial charge < -0.3 is 15.0 Å². The minimum Gasteiger partial charge on any atom is -0.376 e. The summed E-state index contributed by atoms with van der Waals surface area (Å²) in [5, 5.41) is 4.52. The third-order valence-corrected chi connectivity index (χ3v) is 4.53. The standard InChI is InChI=1S/C15H28N2OS/c1-2-11-18-14-9-6-10-17(12-14)15(19)16-13-7-4-3-5-8-13/h13-14H,2-12H2,1H3,(H,16,19). The maximum absolute atomic E-state index is 5.87. The Bertz CT molecular complexity index is 279. The van der Waals surface area contributed by atoms with Gasteiger partial charge in [-0.3, -0.25) is 0 Å². The predicted octanol–water partition coefficient (Wildman–Crippen LogP) is 3.08. The molecule has 1 unspecified atom stereocenters. The molecule has 3 nitrogen and oxygen atoms in total. The van der Waals surface area contributed by atoms with Gasteiger partial charge in [-0.2, -0.15) is 0 Å². The zero-order valence-electron chi connectivity index (χ0n) is 12.2. The normalized spacial score (nSPS) is 25.3. The molecule has 1 N–H and O–H groups in total. The Morgan fingerprint density at radius 1 is 1.21 bits per heavy atom. The van der Waals surface area contributed by atoms with Crippen LogP contribution in [0.2, 0.25) is 0 Å². The molecule has 0 radical (unpaired) electrons. The first-order chi connectivity index (χ1) is 9.29. The van der Waals surface area contributed by atoms with Gasteiger partial charge in [0.15, 0.2) is 5.11 Å². The van der Waals surface area contributed by atoms with Gasteiger partial charge >= 0.3 is 0 Å². The highest BCUT2D eigenvalue weighted by atomic mass is 32.1. The molecular weight excluding hydrogens is 256 g/mol. The van der Waals surface area contributed by atoms with Crippen molar-refractivity contribution in [3.05, 3.63) is 0 Å². The minimum atomic E-state index is 0.375. The summed E-state index contributed by atoms with van der Waals surface area (Å²) in [7, 11) is 0. The topological polar surface area (TPSA) is 24.5 Å². The largest absolute Gasteiger partial charge is 0.376 e. The van der Waals surface area contributed by atoms with Crippen LogP contribution in [0.15, 0.2) is 0 Å². The van der Waals surface area contributed by atoms with Gasteiger partial charge in [-0.05, 0) is 44.3 Å². The number of thiocarbonyl (C=S) groups is 1. The van der Waals surface area contributed by atoms with Gasteiger partial charge in [-0.1, -0.05) is 26.2 Å². The minimum absolute atomic E-state index is 0.375. The second-order valence-corrected chi connectivity index (χ2v) is 6.25. The van der Waals surface area contributed by atoms with Crippen molar-refractivity contribution in [3.8, 4) is 0 Å². The molecule has 0 aromatic heterocycles. The Morgan fingerprint density at radius 2 is 2.00 bits per heavy atom.